The number of carboxylic acid groups (broad SMARTS) is 1. The molecule has 1 amide bonds. The number of carbonyl (C=O) groups excluding carboxylic acids is 1. The topological polar surface area (TPSA) is 83.2 Å². The quantitative estimate of drug-likeness (QED) is 0.806. The Balaban J connectivity index is 1.56. The first-order valence-electron chi connectivity index (χ1n) is 9.94. The number of para-hydroxylation sites is 1. The van der Waals surface area contributed by atoms with Crippen molar-refractivity contribution in [1.29, 1.82) is 0 Å². The van der Waals surface area contributed by atoms with Crippen LogP contribution in [0.4, 0.5) is 5.69 Å². The molecule has 0 spiro atoms. The van der Waals surface area contributed by atoms with Crippen LogP contribution in [-0.4, -0.2) is 53.7 Å². The van der Waals surface area contributed by atoms with E-state index in [0.717, 1.165) is 12.0 Å². The van der Waals surface area contributed by atoms with Crippen molar-refractivity contribution in [2.24, 2.45) is 0 Å². The average Bonchev–Trinajstić information content (AvgIpc) is 3.39. The summed E-state index contributed by atoms with van der Waals surface area (Å²) in [6.45, 7) is 3.12. The summed E-state index contributed by atoms with van der Waals surface area (Å²) < 4.78 is 11.0. The highest BCUT2D eigenvalue weighted by Gasteiger charge is 2.39. The molecule has 3 heterocycles. The van der Waals surface area contributed by atoms with Crippen LogP contribution >= 0.6 is 0 Å². The molecule has 3 atom stereocenters. The zero-order valence-corrected chi connectivity index (χ0v) is 16.7. The molecule has 1 aromatic heterocycles. The summed E-state index contributed by atoms with van der Waals surface area (Å²) in [5, 5.41) is 9.22. The summed E-state index contributed by atoms with van der Waals surface area (Å²) in [4.78, 5) is 28.4. The second kappa shape index (κ2) is 7.91. The van der Waals surface area contributed by atoms with Crippen LogP contribution in [0.1, 0.15) is 41.4 Å². The largest absolute Gasteiger partial charge is 0.481 e. The molecule has 0 aliphatic carbocycles. The number of likely N-dealkylation sites (tertiary alicyclic amines) is 1. The van der Waals surface area contributed by atoms with Crippen molar-refractivity contribution in [2.45, 2.75) is 50.9 Å². The van der Waals surface area contributed by atoms with E-state index in [1.807, 2.05) is 18.2 Å². The van der Waals surface area contributed by atoms with Crippen molar-refractivity contribution in [2.75, 3.05) is 18.6 Å². The zero-order valence-electron chi connectivity index (χ0n) is 16.7. The lowest BCUT2D eigenvalue weighted by atomic mass is 10.1. The van der Waals surface area contributed by atoms with Gasteiger partial charge in [-0.15, -0.1) is 0 Å². The average molecular weight is 398 g/mol. The molecule has 2 aliphatic rings. The third-order valence-corrected chi connectivity index (χ3v) is 6.01. The number of amides is 1. The smallest absolute Gasteiger partial charge is 0.305 e. The van der Waals surface area contributed by atoms with Gasteiger partial charge in [-0.1, -0.05) is 18.2 Å². The van der Waals surface area contributed by atoms with E-state index < -0.39 is 12.0 Å². The van der Waals surface area contributed by atoms with E-state index in [1.165, 1.54) is 17.5 Å². The first-order chi connectivity index (χ1) is 14.0. The van der Waals surface area contributed by atoms with E-state index in [9.17, 15) is 14.7 Å². The summed E-state index contributed by atoms with van der Waals surface area (Å²) in [7, 11) is 1.58. The first-order valence-corrected chi connectivity index (χ1v) is 9.94. The van der Waals surface area contributed by atoms with E-state index in [2.05, 4.69) is 24.0 Å². The van der Waals surface area contributed by atoms with Gasteiger partial charge in [-0.3, -0.25) is 9.59 Å². The van der Waals surface area contributed by atoms with Crippen LogP contribution in [-0.2, 0) is 22.5 Å². The van der Waals surface area contributed by atoms with Gasteiger partial charge in [-0.2, -0.15) is 0 Å². The van der Waals surface area contributed by atoms with Gasteiger partial charge in [-0.25, -0.2) is 0 Å². The fourth-order valence-electron chi connectivity index (χ4n) is 4.52. The van der Waals surface area contributed by atoms with Crippen LogP contribution < -0.4 is 4.90 Å². The minimum Gasteiger partial charge on any atom is -0.481 e. The minimum absolute atomic E-state index is 0.0990. The van der Waals surface area contributed by atoms with Gasteiger partial charge in [0.2, 0.25) is 0 Å². The van der Waals surface area contributed by atoms with Crippen molar-refractivity contribution < 1.29 is 23.8 Å². The number of methoxy groups -OCH3 is 1. The standard InChI is InChI=1S/C22H26N2O5/c1-14-9-15-5-3-4-6-19(15)23(14)12-16-7-8-29-21(16)22(27)24-13-18(28-2)10-17(24)11-20(25)26/h3-8,14,17-18H,9-13H2,1-2H3,(H,25,26). The molecule has 7 nitrogen and oxygen atoms in total. The number of carbonyl (C=O) groups is 2. The van der Waals surface area contributed by atoms with Crippen LogP contribution in [0.2, 0.25) is 0 Å². The van der Waals surface area contributed by atoms with Gasteiger partial charge in [0, 0.05) is 43.5 Å². The van der Waals surface area contributed by atoms with E-state index in [1.54, 1.807) is 12.0 Å². The zero-order chi connectivity index (χ0) is 20.5. The molecule has 1 N–H and O–H groups in total. The molecule has 2 aliphatic heterocycles. The Morgan fingerprint density at radius 2 is 2.07 bits per heavy atom. The number of rotatable bonds is 6. The molecule has 154 valence electrons. The molecule has 0 saturated carbocycles. The highest BCUT2D eigenvalue weighted by Crippen LogP contribution is 2.34. The van der Waals surface area contributed by atoms with Gasteiger partial charge in [0.1, 0.15) is 0 Å². The third kappa shape index (κ3) is 3.74. The number of anilines is 1. The summed E-state index contributed by atoms with van der Waals surface area (Å²) in [6.07, 6.45) is 2.76. The Bertz CT molecular complexity index is 908. The van der Waals surface area contributed by atoms with Crippen molar-refractivity contribution in [1.82, 2.24) is 4.90 Å². The molecule has 1 saturated heterocycles. The molecular weight excluding hydrogens is 372 g/mol. The van der Waals surface area contributed by atoms with Gasteiger partial charge in [0.25, 0.3) is 5.91 Å². The molecule has 1 fully saturated rings. The van der Waals surface area contributed by atoms with Gasteiger partial charge >= 0.3 is 5.97 Å². The van der Waals surface area contributed by atoms with Crippen LogP contribution in [0.25, 0.3) is 0 Å². The Kier molecular flexibility index (Phi) is 5.32. The second-order valence-corrected chi connectivity index (χ2v) is 7.89. The molecule has 4 rings (SSSR count). The number of carboxylic acids is 1. The Labute approximate surface area is 169 Å². The van der Waals surface area contributed by atoms with Crippen LogP contribution in [0.3, 0.4) is 0 Å². The number of nitrogens with zero attached hydrogens (tertiary/aromatic N) is 2. The lowest BCUT2D eigenvalue weighted by Gasteiger charge is -2.26. The van der Waals surface area contributed by atoms with Crippen LogP contribution in [0.5, 0.6) is 0 Å². The van der Waals surface area contributed by atoms with E-state index in [0.29, 0.717) is 25.6 Å². The Morgan fingerprint density at radius 3 is 2.83 bits per heavy atom. The second-order valence-electron chi connectivity index (χ2n) is 7.89. The monoisotopic (exact) mass is 398 g/mol. The molecule has 7 heteroatoms. The SMILES string of the molecule is COC1CC(CC(=O)O)N(C(=O)c2occc2CN2c3ccccc3CC2C)C1. The number of ether oxygens (including phenoxy) is 1. The number of hydrogen-bond donors (Lipinski definition) is 1. The maximum absolute atomic E-state index is 13.2. The number of benzene rings is 1. The number of aliphatic carboxylic acids is 1. The minimum atomic E-state index is -0.924. The summed E-state index contributed by atoms with van der Waals surface area (Å²) in [5.41, 5.74) is 3.30. The predicted molar refractivity (Wildman–Crippen MR) is 107 cm³/mol. The fraction of sp³-hybridized carbons (Fsp3) is 0.455. The molecule has 29 heavy (non-hydrogen) atoms. The summed E-state index contributed by atoms with van der Waals surface area (Å²) >= 11 is 0. The summed E-state index contributed by atoms with van der Waals surface area (Å²) in [6, 6.07) is 10.1. The maximum Gasteiger partial charge on any atom is 0.305 e. The van der Waals surface area contributed by atoms with E-state index >= 15 is 0 Å². The van der Waals surface area contributed by atoms with Gasteiger partial charge in [-0.05, 0) is 37.5 Å². The Morgan fingerprint density at radius 1 is 1.28 bits per heavy atom. The van der Waals surface area contributed by atoms with Gasteiger partial charge in [0.05, 0.1) is 18.8 Å². The molecule has 0 bridgehead atoms. The lowest BCUT2D eigenvalue weighted by Crippen LogP contribution is -2.38. The molecule has 3 unspecified atom stereocenters. The van der Waals surface area contributed by atoms with Crippen molar-refractivity contribution >= 4 is 17.6 Å². The van der Waals surface area contributed by atoms with Crippen LogP contribution in [0, 0.1) is 0 Å². The number of furan rings is 1. The van der Waals surface area contributed by atoms with Crippen molar-refractivity contribution in [3.63, 3.8) is 0 Å². The lowest BCUT2D eigenvalue weighted by molar-refractivity contribution is -0.138. The van der Waals surface area contributed by atoms with Crippen LogP contribution in [0.15, 0.2) is 41.0 Å². The maximum atomic E-state index is 13.2. The highest BCUT2D eigenvalue weighted by molar-refractivity contribution is 5.93. The predicted octanol–water partition coefficient (Wildman–Crippen LogP) is 2.94. The van der Waals surface area contributed by atoms with E-state index in [4.69, 9.17) is 9.15 Å². The fourth-order valence-corrected chi connectivity index (χ4v) is 4.52. The molecule has 1 aromatic carbocycles. The first kappa shape index (κ1) is 19.5. The van der Waals surface area contributed by atoms with Crippen molar-refractivity contribution in [3.8, 4) is 0 Å². The molecule has 0 radical (unpaired) electrons. The number of hydrogen-bond acceptors (Lipinski definition) is 5. The Hall–Kier alpha value is -2.80. The summed E-state index contributed by atoms with van der Waals surface area (Å²) in [5.74, 6) is -0.906. The van der Waals surface area contributed by atoms with Gasteiger partial charge < -0.3 is 24.1 Å². The number of fused-ring (bicyclic) bond motifs is 1. The third-order valence-electron chi connectivity index (χ3n) is 6.01. The molecular formula is C22H26N2O5. The van der Waals surface area contributed by atoms with E-state index in [-0.39, 0.29) is 24.2 Å². The highest BCUT2D eigenvalue weighted by atomic mass is 16.5. The molecule has 2 aromatic rings. The normalized spacial score (nSPS) is 23.4. The van der Waals surface area contributed by atoms with Crippen molar-refractivity contribution in [3.05, 3.63) is 53.5 Å². The van der Waals surface area contributed by atoms with Gasteiger partial charge in [0.15, 0.2) is 5.76 Å².